The van der Waals surface area contributed by atoms with Crippen LogP contribution in [0.4, 0.5) is 0 Å². The Morgan fingerprint density at radius 3 is 2.25 bits per heavy atom. The van der Waals surface area contributed by atoms with Gasteiger partial charge in [-0.3, -0.25) is 4.18 Å². The van der Waals surface area contributed by atoms with Crippen LogP contribution in [0.15, 0.2) is 35.2 Å². The first-order valence-electron chi connectivity index (χ1n) is 9.52. The molecule has 4 heteroatoms. The van der Waals surface area contributed by atoms with Crippen LogP contribution in [0.2, 0.25) is 0 Å². The van der Waals surface area contributed by atoms with Gasteiger partial charge in [0.25, 0.3) is 10.1 Å². The van der Waals surface area contributed by atoms with Gasteiger partial charge in [-0.2, -0.15) is 8.42 Å². The quantitative estimate of drug-likeness (QED) is 0.535. The summed E-state index contributed by atoms with van der Waals surface area (Å²) in [5, 5.41) is 0. The molecule has 136 valence electrons. The van der Waals surface area contributed by atoms with Crippen LogP contribution < -0.4 is 0 Å². The van der Waals surface area contributed by atoms with Crippen LogP contribution >= 0.6 is 0 Å². The van der Waals surface area contributed by atoms with Crippen molar-refractivity contribution in [3.63, 3.8) is 0 Å². The Bertz CT molecular complexity index is 572. The van der Waals surface area contributed by atoms with E-state index in [-0.39, 0.29) is 4.90 Å². The molecular weight excluding hydrogens is 320 g/mol. The van der Waals surface area contributed by atoms with E-state index in [1.54, 1.807) is 24.3 Å². The molecule has 0 radical (unpaired) electrons. The smallest absolute Gasteiger partial charge is 0.260 e. The molecule has 0 unspecified atom stereocenters. The molecule has 0 bridgehead atoms. The SMILES string of the molecule is CCCCC1CCC(CCCC)(OS(=O)(=O)c2ccccc2)CC1. The molecule has 0 N–H and O–H groups in total. The van der Waals surface area contributed by atoms with Gasteiger partial charge in [-0.25, -0.2) is 0 Å². The fourth-order valence-electron chi connectivity index (χ4n) is 3.73. The van der Waals surface area contributed by atoms with E-state index in [1.165, 1.54) is 19.3 Å². The summed E-state index contributed by atoms with van der Waals surface area (Å²) in [4.78, 5) is 0.272. The van der Waals surface area contributed by atoms with Crippen LogP contribution in [0.3, 0.4) is 0 Å². The molecular formula is C20H32O3S. The molecule has 0 aromatic heterocycles. The number of unbranched alkanes of at least 4 members (excludes halogenated alkanes) is 2. The predicted molar refractivity (Wildman–Crippen MR) is 98.5 cm³/mol. The molecule has 1 fully saturated rings. The van der Waals surface area contributed by atoms with Crippen LogP contribution in [0.25, 0.3) is 0 Å². The molecule has 24 heavy (non-hydrogen) atoms. The Kier molecular flexibility index (Phi) is 7.30. The van der Waals surface area contributed by atoms with Gasteiger partial charge >= 0.3 is 0 Å². The second kappa shape index (κ2) is 9.00. The lowest BCUT2D eigenvalue weighted by atomic mass is 9.75. The Balaban J connectivity index is 2.09. The van der Waals surface area contributed by atoms with Gasteiger partial charge in [0.2, 0.25) is 0 Å². The summed E-state index contributed by atoms with van der Waals surface area (Å²) in [6, 6.07) is 8.56. The highest BCUT2D eigenvalue weighted by molar-refractivity contribution is 7.86. The van der Waals surface area contributed by atoms with E-state index in [0.717, 1.165) is 50.9 Å². The van der Waals surface area contributed by atoms with Crippen molar-refractivity contribution < 1.29 is 12.6 Å². The maximum Gasteiger partial charge on any atom is 0.297 e. The normalized spacial score (nSPS) is 24.8. The average Bonchev–Trinajstić information content (AvgIpc) is 2.60. The van der Waals surface area contributed by atoms with Crippen LogP contribution in [0.5, 0.6) is 0 Å². The van der Waals surface area contributed by atoms with Gasteiger partial charge in [-0.1, -0.05) is 64.2 Å². The minimum Gasteiger partial charge on any atom is -0.260 e. The zero-order valence-corrected chi connectivity index (χ0v) is 16.0. The molecule has 1 aliphatic carbocycles. The van der Waals surface area contributed by atoms with Crippen LogP contribution in [-0.4, -0.2) is 14.0 Å². The molecule has 3 nitrogen and oxygen atoms in total. The lowest BCUT2D eigenvalue weighted by Gasteiger charge is -2.39. The Labute approximate surface area is 147 Å². The molecule has 0 aliphatic heterocycles. The summed E-state index contributed by atoms with van der Waals surface area (Å²) in [6.07, 6.45) is 10.6. The van der Waals surface area contributed by atoms with E-state index in [0.29, 0.717) is 0 Å². The molecule has 0 heterocycles. The van der Waals surface area contributed by atoms with E-state index in [9.17, 15) is 8.42 Å². The molecule has 0 amide bonds. The highest BCUT2D eigenvalue weighted by atomic mass is 32.2. The highest BCUT2D eigenvalue weighted by Crippen LogP contribution is 2.42. The maximum absolute atomic E-state index is 12.7. The van der Waals surface area contributed by atoms with Crippen molar-refractivity contribution in [3.05, 3.63) is 30.3 Å². The molecule has 1 aliphatic rings. The number of hydrogen-bond donors (Lipinski definition) is 0. The summed E-state index contributed by atoms with van der Waals surface area (Å²) in [5.74, 6) is 0.739. The highest BCUT2D eigenvalue weighted by Gasteiger charge is 2.39. The van der Waals surface area contributed by atoms with Crippen LogP contribution in [-0.2, 0) is 14.3 Å². The largest absolute Gasteiger partial charge is 0.297 e. The monoisotopic (exact) mass is 352 g/mol. The van der Waals surface area contributed by atoms with Gasteiger partial charge in [0.15, 0.2) is 0 Å². The lowest BCUT2D eigenvalue weighted by molar-refractivity contribution is 0.0106. The third-order valence-electron chi connectivity index (χ3n) is 5.29. The molecule has 1 aromatic carbocycles. The van der Waals surface area contributed by atoms with Crippen molar-refractivity contribution in [3.8, 4) is 0 Å². The topological polar surface area (TPSA) is 43.4 Å². The second-order valence-corrected chi connectivity index (χ2v) is 8.77. The fraction of sp³-hybridized carbons (Fsp3) is 0.700. The van der Waals surface area contributed by atoms with Crippen LogP contribution in [0.1, 0.15) is 78.1 Å². The summed E-state index contributed by atoms with van der Waals surface area (Å²) in [5.41, 5.74) is -0.493. The van der Waals surface area contributed by atoms with Crippen molar-refractivity contribution in [2.75, 3.05) is 0 Å². The number of benzene rings is 1. The van der Waals surface area contributed by atoms with Crippen molar-refractivity contribution in [1.29, 1.82) is 0 Å². The molecule has 0 saturated heterocycles. The summed E-state index contributed by atoms with van der Waals surface area (Å²) in [7, 11) is -3.68. The first-order chi connectivity index (χ1) is 11.5. The number of rotatable bonds is 9. The van der Waals surface area contributed by atoms with Crippen molar-refractivity contribution in [2.45, 2.75) is 88.6 Å². The van der Waals surface area contributed by atoms with Crippen LogP contribution in [0, 0.1) is 5.92 Å². The molecule has 2 rings (SSSR count). The summed E-state index contributed by atoms with van der Waals surface area (Å²) >= 11 is 0. The molecule has 0 atom stereocenters. The average molecular weight is 353 g/mol. The second-order valence-electron chi connectivity index (χ2n) is 7.22. The minimum absolute atomic E-state index is 0.272. The predicted octanol–water partition coefficient (Wildman–Crippen LogP) is 5.70. The third kappa shape index (κ3) is 5.32. The van der Waals surface area contributed by atoms with Gasteiger partial charge < -0.3 is 0 Å². The van der Waals surface area contributed by atoms with E-state index in [4.69, 9.17) is 4.18 Å². The summed E-state index contributed by atoms with van der Waals surface area (Å²) in [6.45, 7) is 4.37. The minimum atomic E-state index is -3.68. The Morgan fingerprint density at radius 1 is 1.04 bits per heavy atom. The molecule has 1 aromatic rings. The van der Waals surface area contributed by atoms with E-state index < -0.39 is 15.7 Å². The van der Waals surface area contributed by atoms with Gasteiger partial charge in [0.1, 0.15) is 0 Å². The summed E-state index contributed by atoms with van der Waals surface area (Å²) < 4.78 is 31.3. The standard InChI is InChI=1S/C20H32O3S/c1-3-5-10-18-13-16-20(17-14-18,15-6-4-2)23-24(21,22)19-11-8-7-9-12-19/h7-9,11-12,18H,3-6,10,13-17H2,1-2H3. The molecule has 1 saturated carbocycles. The van der Waals surface area contributed by atoms with Gasteiger partial charge in [0.05, 0.1) is 10.5 Å². The Morgan fingerprint density at radius 2 is 1.67 bits per heavy atom. The van der Waals surface area contributed by atoms with Gasteiger partial charge in [-0.15, -0.1) is 0 Å². The first-order valence-corrected chi connectivity index (χ1v) is 10.9. The fourth-order valence-corrected chi connectivity index (χ4v) is 5.03. The third-order valence-corrected chi connectivity index (χ3v) is 6.71. The van der Waals surface area contributed by atoms with Gasteiger partial charge in [-0.05, 0) is 50.2 Å². The lowest BCUT2D eigenvalue weighted by Crippen LogP contribution is -2.39. The van der Waals surface area contributed by atoms with Gasteiger partial charge in [0, 0.05) is 0 Å². The van der Waals surface area contributed by atoms with Crippen molar-refractivity contribution >= 4 is 10.1 Å². The van der Waals surface area contributed by atoms with E-state index in [2.05, 4.69) is 13.8 Å². The van der Waals surface area contributed by atoms with Crippen molar-refractivity contribution in [2.24, 2.45) is 5.92 Å². The zero-order valence-electron chi connectivity index (χ0n) is 15.2. The maximum atomic E-state index is 12.7. The first kappa shape index (κ1) is 19.5. The molecule has 0 spiro atoms. The van der Waals surface area contributed by atoms with Crippen molar-refractivity contribution in [1.82, 2.24) is 0 Å². The Hall–Kier alpha value is -0.870. The van der Waals surface area contributed by atoms with E-state index in [1.807, 2.05) is 6.07 Å². The number of hydrogen-bond acceptors (Lipinski definition) is 3. The van der Waals surface area contributed by atoms with E-state index >= 15 is 0 Å². The zero-order chi connectivity index (χ0) is 17.5.